The zero-order valence-electron chi connectivity index (χ0n) is 10.3. The zero-order chi connectivity index (χ0) is 12.4. The third-order valence-electron chi connectivity index (χ3n) is 2.94. The molecule has 0 aliphatic carbocycles. The minimum absolute atomic E-state index is 0.203. The summed E-state index contributed by atoms with van der Waals surface area (Å²) in [5.74, 6) is -0.203. The second kappa shape index (κ2) is 4.62. The molecule has 2 rings (SSSR count). The molecule has 1 aromatic heterocycles. The Kier molecular flexibility index (Phi) is 3.18. The molecule has 0 atom stereocenters. The Balaban J connectivity index is 2.61. The summed E-state index contributed by atoms with van der Waals surface area (Å²) in [6.07, 6.45) is 2.34. The highest BCUT2D eigenvalue weighted by atomic mass is 19.1. The maximum atomic E-state index is 14.0. The summed E-state index contributed by atoms with van der Waals surface area (Å²) in [5.41, 5.74) is 3.99. The summed E-state index contributed by atoms with van der Waals surface area (Å²) >= 11 is 0. The molecule has 88 valence electrons. The lowest BCUT2D eigenvalue weighted by Crippen LogP contribution is -1.97. The molecule has 0 N–H and O–H groups in total. The largest absolute Gasteiger partial charge is 0.241 e. The molecule has 0 radical (unpaired) electrons. The second-order valence-corrected chi connectivity index (χ2v) is 4.09. The number of benzene rings is 1. The zero-order valence-corrected chi connectivity index (χ0v) is 10.3. The van der Waals surface area contributed by atoms with Crippen LogP contribution in [0.25, 0.3) is 11.1 Å². The van der Waals surface area contributed by atoms with Crippen LogP contribution in [0.2, 0.25) is 0 Å². The molecule has 0 bridgehead atoms. The van der Waals surface area contributed by atoms with E-state index in [1.807, 2.05) is 32.9 Å². The maximum absolute atomic E-state index is 14.0. The van der Waals surface area contributed by atoms with Gasteiger partial charge in [-0.05, 0) is 31.9 Å². The SMILES string of the molecule is CCc1ccc(-c2c(C)ncnc2C)c(F)c1. The van der Waals surface area contributed by atoms with Gasteiger partial charge >= 0.3 is 0 Å². The molecule has 0 saturated carbocycles. The van der Waals surface area contributed by atoms with Gasteiger partial charge in [0, 0.05) is 22.5 Å². The molecule has 2 aromatic rings. The van der Waals surface area contributed by atoms with Crippen LogP contribution >= 0.6 is 0 Å². The smallest absolute Gasteiger partial charge is 0.131 e. The molecule has 0 aliphatic heterocycles. The van der Waals surface area contributed by atoms with Crippen LogP contribution in [-0.2, 0) is 6.42 Å². The summed E-state index contributed by atoms with van der Waals surface area (Å²) < 4.78 is 14.0. The number of hydrogen-bond acceptors (Lipinski definition) is 2. The van der Waals surface area contributed by atoms with Gasteiger partial charge in [-0.25, -0.2) is 14.4 Å². The van der Waals surface area contributed by atoms with Crippen molar-refractivity contribution in [2.75, 3.05) is 0 Å². The van der Waals surface area contributed by atoms with Crippen LogP contribution in [0, 0.1) is 19.7 Å². The summed E-state index contributed by atoms with van der Waals surface area (Å²) in [6, 6.07) is 5.35. The van der Waals surface area contributed by atoms with E-state index in [2.05, 4.69) is 9.97 Å². The van der Waals surface area contributed by atoms with Crippen LogP contribution in [0.3, 0.4) is 0 Å². The summed E-state index contributed by atoms with van der Waals surface area (Å²) in [6.45, 7) is 5.75. The number of aryl methyl sites for hydroxylation is 3. The molecule has 1 heterocycles. The number of halogens is 1. The topological polar surface area (TPSA) is 25.8 Å². The van der Waals surface area contributed by atoms with Crippen molar-refractivity contribution >= 4 is 0 Å². The Morgan fingerprint density at radius 3 is 2.29 bits per heavy atom. The van der Waals surface area contributed by atoms with E-state index in [1.54, 1.807) is 6.07 Å². The van der Waals surface area contributed by atoms with Gasteiger partial charge in [-0.2, -0.15) is 0 Å². The minimum atomic E-state index is -0.203. The van der Waals surface area contributed by atoms with Gasteiger partial charge in [-0.3, -0.25) is 0 Å². The molecule has 2 nitrogen and oxygen atoms in total. The van der Waals surface area contributed by atoms with Gasteiger partial charge in [0.2, 0.25) is 0 Å². The van der Waals surface area contributed by atoms with Crippen LogP contribution in [0.5, 0.6) is 0 Å². The molecule has 0 unspecified atom stereocenters. The van der Waals surface area contributed by atoms with Crippen molar-refractivity contribution < 1.29 is 4.39 Å². The normalized spacial score (nSPS) is 10.6. The Labute approximate surface area is 101 Å². The fourth-order valence-corrected chi connectivity index (χ4v) is 1.96. The lowest BCUT2D eigenvalue weighted by Gasteiger charge is -2.10. The molecule has 0 fully saturated rings. The fourth-order valence-electron chi connectivity index (χ4n) is 1.96. The van der Waals surface area contributed by atoms with E-state index in [1.165, 1.54) is 6.33 Å². The van der Waals surface area contributed by atoms with Gasteiger partial charge in [0.15, 0.2) is 0 Å². The quantitative estimate of drug-likeness (QED) is 0.789. The van der Waals surface area contributed by atoms with Gasteiger partial charge in [-0.1, -0.05) is 19.1 Å². The highest BCUT2D eigenvalue weighted by Crippen LogP contribution is 2.27. The number of rotatable bonds is 2. The molecule has 0 aliphatic rings. The monoisotopic (exact) mass is 230 g/mol. The van der Waals surface area contributed by atoms with Crippen LogP contribution in [0.15, 0.2) is 24.5 Å². The highest BCUT2D eigenvalue weighted by molar-refractivity contribution is 5.68. The summed E-state index contributed by atoms with van der Waals surface area (Å²) in [5, 5.41) is 0. The summed E-state index contributed by atoms with van der Waals surface area (Å²) in [4.78, 5) is 8.24. The van der Waals surface area contributed by atoms with E-state index in [4.69, 9.17) is 0 Å². The van der Waals surface area contributed by atoms with E-state index in [-0.39, 0.29) is 5.82 Å². The van der Waals surface area contributed by atoms with Crippen molar-refractivity contribution in [3.8, 4) is 11.1 Å². The fraction of sp³-hybridized carbons (Fsp3) is 0.286. The average Bonchev–Trinajstić information content (AvgIpc) is 2.30. The van der Waals surface area contributed by atoms with E-state index in [9.17, 15) is 4.39 Å². The van der Waals surface area contributed by atoms with Crippen molar-refractivity contribution in [2.24, 2.45) is 0 Å². The van der Waals surface area contributed by atoms with Crippen LogP contribution < -0.4 is 0 Å². The first kappa shape index (κ1) is 11.7. The lowest BCUT2D eigenvalue weighted by atomic mass is 10.00. The Morgan fingerprint density at radius 1 is 1.12 bits per heavy atom. The number of hydrogen-bond donors (Lipinski definition) is 0. The van der Waals surface area contributed by atoms with E-state index >= 15 is 0 Å². The molecular weight excluding hydrogens is 215 g/mol. The second-order valence-electron chi connectivity index (χ2n) is 4.09. The van der Waals surface area contributed by atoms with E-state index < -0.39 is 0 Å². The Hall–Kier alpha value is -1.77. The van der Waals surface area contributed by atoms with E-state index in [0.717, 1.165) is 28.9 Å². The molecule has 0 spiro atoms. The van der Waals surface area contributed by atoms with Gasteiger partial charge in [-0.15, -0.1) is 0 Å². The van der Waals surface area contributed by atoms with Gasteiger partial charge in [0.1, 0.15) is 12.1 Å². The average molecular weight is 230 g/mol. The lowest BCUT2D eigenvalue weighted by molar-refractivity contribution is 0.628. The molecule has 3 heteroatoms. The van der Waals surface area contributed by atoms with Crippen molar-refractivity contribution in [1.82, 2.24) is 9.97 Å². The Morgan fingerprint density at radius 2 is 1.76 bits per heavy atom. The van der Waals surface area contributed by atoms with Crippen molar-refractivity contribution in [2.45, 2.75) is 27.2 Å². The molecule has 0 saturated heterocycles. The van der Waals surface area contributed by atoms with Gasteiger partial charge < -0.3 is 0 Å². The third kappa shape index (κ3) is 2.18. The van der Waals surface area contributed by atoms with Crippen molar-refractivity contribution in [3.63, 3.8) is 0 Å². The summed E-state index contributed by atoms with van der Waals surface area (Å²) in [7, 11) is 0. The predicted molar refractivity (Wildman–Crippen MR) is 66.3 cm³/mol. The van der Waals surface area contributed by atoms with Crippen LogP contribution in [0.4, 0.5) is 4.39 Å². The standard InChI is InChI=1S/C14H15FN2/c1-4-11-5-6-12(13(15)7-11)14-9(2)16-8-17-10(14)3/h5-8H,4H2,1-3H3. The van der Waals surface area contributed by atoms with Gasteiger partial charge in [0.05, 0.1) is 0 Å². The molecular formula is C14H15FN2. The highest BCUT2D eigenvalue weighted by Gasteiger charge is 2.12. The maximum Gasteiger partial charge on any atom is 0.131 e. The first-order valence-electron chi connectivity index (χ1n) is 5.70. The van der Waals surface area contributed by atoms with Gasteiger partial charge in [0.25, 0.3) is 0 Å². The van der Waals surface area contributed by atoms with Crippen LogP contribution in [0.1, 0.15) is 23.9 Å². The molecule has 0 amide bonds. The van der Waals surface area contributed by atoms with Crippen molar-refractivity contribution in [3.05, 3.63) is 47.3 Å². The first-order valence-corrected chi connectivity index (χ1v) is 5.70. The van der Waals surface area contributed by atoms with Crippen LogP contribution in [-0.4, -0.2) is 9.97 Å². The molecule has 1 aromatic carbocycles. The number of aromatic nitrogens is 2. The predicted octanol–water partition coefficient (Wildman–Crippen LogP) is 3.46. The first-order chi connectivity index (χ1) is 8.13. The molecule has 17 heavy (non-hydrogen) atoms. The minimum Gasteiger partial charge on any atom is -0.241 e. The number of nitrogens with zero attached hydrogens (tertiary/aromatic N) is 2. The van der Waals surface area contributed by atoms with E-state index in [0.29, 0.717) is 5.56 Å². The Bertz CT molecular complexity index is 530. The third-order valence-corrected chi connectivity index (χ3v) is 2.94. The van der Waals surface area contributed by atoms with Crippen molar-refractivity contribution in [1.29, 1.82) is 0 Å².